The Morgan fingerprint density at radius 2 is 1.88 bits per heavy atom. The zero-order valence-electron chi connectivity index (χ0n) is 14.6. The number of aromatic nitrogens is 4. The predicted octanol–water partition coefficient (Wildman–Crippen LogP) is 1.95. The summed E-state index contributed by atoms with van der Waals surface area (Å²) in [6.07, 6.45) is 4.73. The molecule has 2 aromatic heterocycles. The molecule has 4 rings (SSSR count). The largest absolute Gasteiger partial charge is 0.353 e. The zero-order valence-corrected chi connectivity index (χ0v) is 15.4. The third-order valence-corrected chi connectivity index (χ3v) is 5.55. The van der Waals surface area contributed by atoms with Gasteiger partial charge in [-0.3, -0.25) is 4.68 Å². The summed E-state index contributed by atoms with van der Waals surface area (Å²) in [5.41, 5.74) is 1.03. The lowest BCUT2D eigenvalue weighted by Crippen LogP contribution is -2.34. The van der Waals surface area contributed by atoms with Crippen molar-refractivity contribution in [3.8, 4) is 0 Å². The van der Waals surface area contributed by atoms with Gasteiger partial charge in [-0.05, 0) is 0 Å². The summed E-state index contributed by atoms with van der Waals surface area (Å²) >= 11 is 0. The fraction of sp³-hybridized carbons (Fsp3) is 0.562. The van der Waals surface area contributed by atoms with E-state index in [-0.39, 0.29) is 29.1 Å². The molecule has 2 aliphatic heterocycles. The molecule has 7 nitrogen and oxygen atoms in total. The summed E-state index contributed by atoms with van der Waals surface area (Å²) < 4.78 is 16.0. The molecule has 0 bridgehead atoms. The van der Waals surface area contributed by atoms with Crippen LogP contribution in [0.4, 0.5) is 21.8 Å². The summed E-state index contributed by atoms with van der Waals surface area (Å²) in [6, 6.07) is 0. The van der Waals surface area contributed by atoms with Crippen LogP contribution in [-0.4, -0.2) is 45.9 Å². The SMILES string of the molecule is Cl.Cn1cc(Nc2ncc(F)c(N3C[C@]4(C)CNC[C@]4(C)C3)n2)cn1. The molecule has 136 valence electrons. The predicted molar refractivity (Wildman–Crippen MR) is 97.0 cm³/mol. The summed E-state index contributed by atoms with van der Waals surface area (Å²) in [6.45, 7) is 8.01. The van der Waals surface area contributed by atoms with Crippen molar-refractivity contribution in [1.82, 2.24) is 25.1 Å². The van der Waals surface area contributed by atoms with Gasteiger partial charge in [-0.25, -0.2) is 9.37 Å². The van der Waals surface area contributed by atoms with Crippen LogP contribution >= 0.6 is 12.4 Å². The highest BCUT2D eigenvalue weighted by atomic mass is 35.5. The molecule has 2 N–H and O–H groups in total. The van der Waals surface area contributed by atoms with Crippen LogP contribution in [0.15, 0.2) is 18.6 Å². The number of nitrogens with one attached hydrogen (secondary N) is 2. The highest BCUT2D eigenvalue weighted by molar-refractivity contribution is 5.85. The van der Waals surface area contributed by atoms with Gasteiger partial charge in [-0.15, -0.1) is 12.4 Å². The molecule has 2 aromatic rings. The second-order valence-corrected chi connectivity index (χ2v) is 7.47. The Balaban J connectivity index is 0.00000182. The zero-order chi connectivity index (χ0) is 16.9. The van der Waals surface area contributed by atoms with E-state index in [0.29, 0.717) is 11.8 Å². The number of hydrogen-bond acceptors (Lipinski definition) is 6. The number of nitrogens with zero attached hydrogens (tertiary/aromatic N) is 5. The van der Waals surface area contributed by atoms with Gasteiger partial charge in [0.15, 0.2) is 11.6 Å². The Hall–Kier alpha value is -1.93. The molecule has 0 saturated carbocycles. The first-order chi connectivity index (χ1) is 11.4. The molecule has 0 amide bonds. The van der Waals surface area contributed by atoms with Crippen molar-refractivity contribution < 1.29 is 4.39 Å². The lowest BCUT2D eigenvalue weighted by molar-refractivity contribution is 0.212. The second-order valence-electron chi connectivity index (χ2n) is 7.47. The molecule has 0 radical (unpaired) electrons. The van der Waals surface area contributed by atoms with Crippen LogP contribution in [0.1, 0.15) is 13.8 Å². The van der Waals surface area contributed by atoms with Crippen molar-refractivity contribution in [1.29, 1.82) is 0 Å². The van der Waals surface area contributed by atoms with E-state index in [9.17, 15) is 4.39 Å². The summed E-state index contributed by atoms with van der Waals surface area (Å²) in [5, 5.41) is 10.6. The van der Waals surface area contributed by atoms with Crippen LogP contribution in [-0.2, 0) is 7.05 Å². The molecule has 9 heteroatoms. The van der Waals surface area contributed by atoms with Gasteiger partial charge in [0.25, 0.3) is 0 Å². The number of anilines is 3. The highest BCUT2D eigenvalue weighted by Gasteiger charge is 2.55. The minimum atomic E-state index is -0.383. The topological polar surface area (TPSA) is 70.9 Å². The normalized spacial score (nSPS) is 27.9. The van der Waals surface area contributed by atoms with E-state index in [4.69, 9.17) is 0 Å². The molecule has 0 spiro atoms. The Morgan fingerprint density at radius 1 is 1.20 bits per heavy atom. The van der Waals surface area contributed by atoms with Crippen molar-refractivity contribution >= 4 is 29.9 Å². The standard InChI is InChI=1S/C16H22FN7.ClH/c1-15-7-18-8-16(15,2)10-24(9-15)13-12(17)5-19-14(22-13)21-11-4-20-23(3)6-11;/h4-6,18H,7-10H2,1-3H3,(H,19,21,22);1H/t15-,16+;. The Kier molecular flexibility index (Phi) is 4.36. The van der Waals surface area contributed by atoms with E-state index in [1.807, 2.05) is 18.1 Å². The first-order valence-corrected chi connectivity index (χ1v) is 8.13. The first-order valence-electron chi connectivity index (χ1n) is 8.13. The van der Waals surface area contributed by atoms with Gasteiger partial charge in [0.05, 0.1) is 18.1 Å². The minimum absolute atomic E-state index is 0. The monoisotopic (exact) mass is 367 g/mol. The quantitative estimate of drug-likeness (QED) is 0.864. The van der Waals surface area contributed by atoms with Gasteiger partial charge in [-0.1, -0.05) is 13.8 Å². The van der Waals surface area contributed by atoms with E-state index < -0.39 is 0 Å². The number of fused-ring (bicyclic) bond motifs is 1. The maximum absolute atomic E-state index is 14.4. The van der Waals surface area contributed by atoms with Gasteiger partial charge < -0.3 is 15.5 Å². The lowest BCUT2D eigenvalue weighted by atomic mass is 9.71. The average molecular weight is 368 g/mol. The Labute approximate surface area is 152 Å². The Bertz CT molecular complexity index is 764. The number of aryl methyl sites for hydroxylation is 1. The summed E-state index contributed by atoms with van der Waals surface area (Å²) in [4.78, 5) is 10.5. The van der Waals surface area contributed by atoms with E-state index in [1.165, 1.54) is 6.20 Å². The molecule has 0 unspecified atom stereocenters. The fourth-order valence-corrected chi connectivity index (χ4v) is 3.84. The smallest absolute Gasteiger partial charge is 0.229 e. The average Bonchev–Trinajstić information content (AvgIpc) is 3.11. The maximum atomic E-state index is 14.4. The van der Waals surface area contributed by atoms with Gasteiger partial charge in [-0.2, -0.15) is 10.1 Å². The molecule has 2 atom stereocenters. The highest BCUT2D eigenvalue weighted by Crippen LogP contribution is 2.49. The van der Waals surface area contributed by atoms with E-state index in [0.717, 1.165) is 31.9 Å². The number of hydrogen-bond donors (Lipinski definition) is 2. The fourth-order valence-electron chi connectivity index (χ4n) is 3.84. The second kappa shape index (κ2) is 6.10. The molecule has 0 aromatic carbocycles. The molecular weight excluding hydrogens is 345 g/mol. The third kappa shape index (κ3) is 2.93. The molecule has 2 saturated heterocycles. The van der Waals surface area contributed by atoms with E-state index >= 15 is 0 Å². The maximum Gasteiger partial charge on any atom is 0.229 e. The molecule has 0 aliphatic carbocycles. The van der Waals surface area contributed by atoms with Gasteiger partial charge in [0.1, 0.15) is 0 Å². The molecular formula is C16H23ClFN7. The molecule has 2 aliphatic rings. The molecule has 2 fully saturated rings. The number of rotatable bonds is 3. The Morgan fingerprint density at radius 3 is 2.48 bits per heavy atom. The summed E-state index contributed by atoms with van der Waals surface area (Å²) in [5.74, 6) is 0.366. The molecule has 25 heavy (non-hydrogen) atoms. The van der Waals surface area contributed by atoms with Gasteiger partial charge in [0, 0.05) is 50.3 Å². The van der Waals surface area contributed by atoms with E-state index in [2.05, 4.69) is 39.5 Å². The van der Waals surface area contributed by atoms with Crippen molar-refractivity contribution in [2.75, 3.05) is 36.4 Å². The van der Waals surface area contributed by atoms with Crippen molar-refractivity contribution in [3.05, 3.63) is 24.4 Å². The summed E-state index contributed by atoms with van der Waals surface area (Å²) in [7, 11) is 1.83. The molecule has 4 heterocycles. The van der Waals surface area contributed by atoms with Crippen molar-refractivity contribution in [2.24, 2.45) is 17.9 Å². The van der Waals surface area contributed by atoms with Crippen LogP contribution in [0.25, 0.3) is 0 Å². The van der Waals surface area contributed by atoms with Crippen LogP contribution in [0.2, 0.25) is 0 Å². The van der Waals surface area contributed by atoms with Gasteiger partial charge in [0.2, 0.25) is 5.95 Å². The van der Waals surface area contributed by atoms with Crippen molar-refractivity contribution in [3.63, 3.8) is 0 Å². The van der Waals surface area contributed by atoms with E-state index in [1.54, 1.807) is 10.9 Å². The van der Waals surface area contributed by atoms with Crippen LogP contribution in [0, 0.1) is 16.6 Å². The van der Waals surface area contributed by atoms with Crippen LogP contribution < -0.4 is 15.5 Å². The third-order valence-electron chi connectivity index (χ3n) is 5.55. The first kappa shape index (κ1) is 17.9. The van der Waals surface area contributed by atoms with Gasteiger partial charge >= 0.3 is 0 Å². The number of halogens is 2. The van der Waals surface area contributed by atoms with Crippen LogP contribution in [0.5, 0.6) is 0 Å². The lowest BCUT2D eigenvalue weighted by Gasteiger charge is -2.30. The minimum Gasteiger partial charge on any atom is -0.353 e. The van der Waals surface area contributed by atoms with Crippen LogP contribution in [0.3, 0.4) is 0 Å². The van der Waals surface area contributed by atoms with Crippen molar-refractivity contribution in [2.45, 2.75) is 13.8 Å².